The van der Waals surface area contributed by atoms with Gasteiger partial charge in [-0.2, -0.15) is 0 Å². The summed E-state index contributed by atoms with van der Waals surface area (Å²) in [5.74, 6) is -0.901. The van der Waals surface area contributed by atoms with Crippen molar-refractivity contribution in [2.24, 2.45) is 5.92 Å². The molecule has 1 rings (SSSR count). The summed E-state index contributed by atoms with van der Waals surface area (Å²) in [7, 11) is 0. The second-order valence-corrected chi connectivity index (χ2v) is 4.31. The predicted molar refractivity (Wildman–Crippen MR) is 56.3 cm³/mol. The summed E-state index contributed by atoms with van der Waals surface area (Å²) in [6.45, 7) is 4.67. The summed E-state index contributed by atoms with van der Waals surface area (Å²) in [4.78, 5) is 13.0. The Kier molecular flexibility index (Phi) is 4.94. The molecule has 14 heavy (non-hydrogen) atoms. The van der Waals surface area contributed by atoms with Crippen molar-refractivity contribution in [1.29, 1.82) is 0 Å². The molecule has 0 aromatic heterocycles. The molecular formula is C11H21NO2. The standard InChI is InChI=1S/C11H21NO2/c1-10(11(13)14)9-12-7-5-3-2-4-6-8-12/h10H,2-9H2,1H3,(H,13,14). The quantitative estimate of drug-likeness (QED) is 0.755. The van der Waals surface area contributed by atoms with Gasteiger partial charge in [0.2, 0.25) is 0 Å². The zero-order chi connectivity index (χ0) is 10.4. The topological polar surface area (TPSA) is 40.5 Å². The van der Waals surface area contributed by atoms with E-state index in [4.69, 9.17) is 5.11 Å². The molecule has 82 valence electrons. The van der Waals surface area contributed by atoms with E-state index in [0.29, 0.717) is 0 Å². The minimum absolute atomic E-state index is 0.227. The molecule has 1 heterocycles. The van der Waals surface area contributed by atoms with Gasteiger partial charge in [-0.15, -0.1) is 0 Å². The van der Waals surface area contributed by atoms with Gasteiger partial charge in [0.05, 0.1) is 5.92 Å². The highest BCUT2D eigenvalue weighted by molar-refractivity contribution is 5.69. The molecule has 1 unspecified atom stereocenters. The van der Waals surface area contributed by atoms with Crippen LogP contribution >= 0.6 is 0 Å². The number of carboxylic acids is 1. The van der Waals surface area contributed by atoms with Crippen molar-refractivity contribution in [2.45, 2.75) is 39.0 Å². The summed E-state index contributed by atoms with van der Waals surface area (Å²) in [6.07, 6.45) is 6.41. The molecule has 1 aliphatic heterocycles. The lowest BCUT2D eigenvalue weighted by Crippen LogP contribution is -2.34. The van der Waals surface area contributed by atoms with Gasteiger partial charge in [-0.3, -0.25) is 4.79 Å². The Morgan fingerprint density at radius 3 is 2.21 bits per heavy atom. The Balaban J connectivity index is 2.29. The van der Waals surface area contributed by atoms with E-state index >= 15 is 0 Å². The Bertz CT molecular complexity index is 174. The molecule has 0 bridgehead atoms. The normalized spacial score (nSPS) is 22.4. The number of hydrogen-bond donors (Lipinski definition) is 1. The molecular weight excluding hydrogens is 178 g/mol. The van der Waals surface area contributed by atoms with Crippen LogP contribution in [-0.2, 0) is 4.79 Å². The molecule has 3 nitrogen and oxygen atoms in total. The van der Waals surface area contributed by atoms with Crippen LogP contribution in [0.2, 0.25) is 0 Å². The van der Waals surface area contributed by atoms with E-state index in [1.165, 1.54) is 32.1 Å². The summed E-state index contributed by atoms with van der Waals surface area (Å²) >= 11 is 0. The molecule has 0 spiro atoms. The van der Waals surface area contributed by atoms with Crippen LogP contribution in [0.25, 0.3) is 0 Å². The molecule has 0 aromatic carbocycles. The van der Waals surface area contributed by atoms with Crippen LogP contribution < -0.4 is 0 Å². The van der Waals surface area contributed by atoms with Crippen molar-refractivity contribution in [1.82, 2.24) is 4.90 Å². The molecule has 1 N–H and O–H groups in total. The highest BCUT2D eigenvalue weighted by atomic mass is 16.4. The van der Waals surface area contributed by atoms with Crippen LogP contribution in [0.15, 0.2) is 0 Å². The zero-order valence-electron chi connectivity index (χ0n) is 9.04. The lowest BCUT2D eigenvalue weighted by molar-refractivity contribution is -0.141. The zero-order valence-corrected chi connectivity index (χ0v) is 9.04. The SMILES string of the molecule is CC(CN1CCCCCCC1)C(=O)O. The summed E-state index contributed by atoms with van der Waals surface area (Å²) in [6, 6.07) is 0. The van der Waals surface area contributed by atoms with Crippen molar-refractivity contribution in [3.8, 4) is 0 Å². The first-order valence-corrected chi connectivity index (χ1v) is 5.65. The first kappa shape index (κ1) is 11.5. The molecule has 0 aliphatic carbocycles. The summed E-state index contributed by atoms with van der Waals surface area (Å²) in [5.41, 5.74) is 0. The van der Waals surface area contributed by atoms with Gasteiger partial charge in [-0.25, -0.2) is 0 Å². The van der Waals surface area contributed by atoms with Gasteiger partial charge in [0.25, 0.3) is 0 Å². The smallest absolute Gasteiger partial charge is 0.307 e. The minimum Gasteiger partial charge on any atom is -0.481 e. The van der Waals surface area contributed by atoms with Crippen LogP contribution in [-0.4, -0.2) is 35.6 Å². The second kappa shape index (κ2) is 6.02. The van der Waals surface area contributed by atoms with Gasteiger partial charge in [0.1, 0.15) is 0 Å². The average molecular weight is 199 g/mol. The molecule has 1 fully saturated rings. The Morgan fingerprint density at radius 1 is 1.21 bits per heavy atom. The third-order valence-corrected chi connectivity index (χ3v) is 2.90. The fourth-order valence-electron chi connectivity index (χ4n) is 1.96. The predicted octanol–water partition coefficient (Wildman–Crippen LogP) is 1.97. The van der Waals surface area contributed by atoms with Crippen molar-refractivity contribution in [3.63, 3.8) is 0 Å². The van der Waals surface area contributed by atoms with E-state index in [9.17, 15) is 4.79 Å². The van der Waals surface area contributed by atoms with Crippen LogP contribution in [0.4, 0.5) is 0 Å². The van der Waals surface area contributed by atoms with E-state index < -0.39 is 5.97 Å². The third kappa shape index (κ3) is 4.09. The van der Waals surface area contributed by atoms with Crippen LogP contribution in [0, 0.1) is 5.92 Å². The van der Waals surface area contributed by atoms with E-state index in [2.05, 4.69) is 4.90 Å². The van der Waals surface area contributed by atoms with Crippen LogP contribution in [0.3, 0.4) is 0 Å². The molecule has 1 atom stereocenters. The molecule has 0 saturated carbocycles. The van der Waals surface area contributed by atoms with Gasteiger partial charge in [0.15, 0.2) is 0 Å². The Morgan fingerprint density at radius 2 is 1.71 bits per heavy atom. The van der Waals surface area contributed by atoms with Crippen molar-refractivity contribution >= 4 is 5.97 Å². The van der Waals surface area contributed by atoms with Crippen molar-refractivity contribution in [2.75, 3.05) is 19.6 Å². The highest BCUT2D eigenvalue weighted by Crippen LogP contribution is 2.11. The highest BCUT2D eigenvalue weighted by Gasteiger charge is 2.16. The number of carboxylic acid groups (broad SMARTS) is 1. The van der Waals surface area contributed by atoms with Gasteiger partial charge in [-0.05, 0) is 25.9 Å². The number of carbonyl (C=O) groups is 1. The first-order valence-electron chi connectivity index (χ1n) is 5.65. The number of likely N-dealkylation sites (tertiary alicyclic amines) is 1. The van der Waals surface area contributed by atoms with E-state index in [1.807, 2.05) is 0 Å². The number of aliphatic carboxylic acids is 1. The summed E-state index contributed by atoms with van der Waals surface area (Å²) < 4.78 is 0. The molecule has 1 saturated heterocycles. The largest absolute Gasteiger partial charge is 0.481 e. The maximum atomic E-state index is 10.7. The van der Waals surface area contributed by atoms with E-state index in [0.717, 1.165) is 19.6 Å². The molecule has 0 radical (unpaired) electrons. The van der Waals surface area contributed by atoms with Crippen LogP contribution in [0.1, 0.15) is 39.0 Å². The fourth-order valence-corrected chi connectivity index (χ4v) is 1.96. The van der Waals surface area contributed by atoms with E-state index in [-0.39, 0.29) is 5.92 Å². The molecule has 0 amide bonds. The number of hydrogen-bond acceptors (Lipinski definition) is 2. The number of nitrogens with zero attached hydrogens (tertiary/aromatic N) is 1. The van der Waals surface area contributed by atoms with Gasteiger partial charge < -0.3 is 10.0 Å². The molecule has 0 aromatic rings. The van der Waals surface area contributed by atoms with Crippen molar-refractivity contribution in [3.05, 3.63) is 0 Å². The first-order chi connectivity index (χ1) is 6.70. The van der Waals surface area contributed by atoms with Gasteiger partial charge in [0, 0.05) is 6.54 Å². The second-order valence-electron chi connectivity index (χ2n) is 4.31. The lowest BCUT2D eigenvalue weighted by atomic mass is 10.1. The Hall–Kier alpha value is -0.570. The third-order valence-electron chi connectivity index (χ3n) is 2.90. The monoisotopic (exact) mass is 199 g/mol. The van der Waals surface area contributed by atoms with Crippen molar-refractivity contribution < 1.29 is 9.90 Å². The average Bonchev–Trinajstić information content (AvgIpc) is 2.08. The molecule has 1 aliphatic rings. The maximum absolute atomic E-state index is 10.7. The Labute approximate surface area is 86.1 Å². The van der Waals surface area contributed by atoms with E-state index in [1.54, 1.807) is 6.92 Å². The maximum Gasteiger partial charge on any atom is 0.307 e. The summed E-state index contributed by atoms with van der Waals surface area (Å²) in [5, 5.41) is 8.81. The minimum atomic E-state index is -0.674. The number of rotatable bonds is 3. The fraction of sp³-hybridized carbons (Fsp3) is 0.909. The van der Waals surface area contributed by atoms with Crippen LogP contribution in [0.5, 0.6) is 0 Å². The van der Waals surface area contributed by atoms with Gasteiger partial charge >= 0.3 is 5.97 Å². The lowest BCUT2D eigenvalue weighted by Gasteiger charge is -2.25. The van der Waals surface area contributed by atoms with Gasteiger partial charge in [-0.1, -0.05) is 26.2 Å². The molecule has 3 heteroatoms.